The third-order valence-corrected chi connectivity index (χ3v) is 3.17. The van der Waals surface area contributed by atoms with Crippen LogP contribution in [0.25, 0.3) is 21.5 Å². The Bertz CT molecular complexity index is 674. The minimum Gasteiger partial charge on any atom is -0.523 e. The molecule has 0 N–H and O–H groups in total. The van der Waals surface area contributed by atoms with Crippen molar-refractivity contribution in [3.05, 3.63) is 48.5 Å². The summed E-state index contributed by atoms with van der Waals surface area (Å²) in [4.78, 5) is 0. The molecule has 0 saturated heterocycles. The average molecular weight is 219 g/mol. The highest BCUT2D eigenvalue weighted by molar-refractivity contribution is 6.27. The summed E-state index contributed by atoms with van der Waals surface area (Å²) in [6.07, 6.45) is 0. The van der Waals surface area contributed by atoms with Gasteiger partial charge in [0, 0.05) is 10.8 Å². The topological polar surface area (TPSA) is 18.5 Å². The first-order valence-corrected chi connectivity index (χ1v) is 5.53. The van der Waals surface area contributed by atoms with Gasteiger partial charge in [-0.25, -0.2) is 0 Å². The Morgan fingerprint density at radius 3 is 1.47 bits per heavy atom. The lowest BCUT2D eigenvalue weighted by atomic mass is 10.0. The highest BCUT2D eigenvalue weighted by Crippen LogP contribution is 2.45. The second-order valence-electron chi connectivity index (χ2n) is 4.08. The van der Waals surface area contributed by atoms with Crippen molar-refractivity contribution in [2.45, 2.75) is 0 Å². The molecule has 79 valence electrons. The van der Waals surface area contributed by atoms with Crippen LogP contribution in [0.3, 0.4) is 0 Å². The molecule has 0 aromatic heterocycles. The fraction of sp³-hybridized carbons (Fsp3) is 0. The lowest BCUT2D eigenvalue weighted by Crippen LogP contribution is -2.00. The molecule has 4 rings (SSSR count). The van der Waals surface area contributed by atoms with Crippen molar-refractivity contribution in [1.29, 1.82) is 0 Å². The molecular weight excluding hydrogens is 211 g/mol. The second kappa shape index (κ2) is 3.17. The zero-order valence-electron chi connectivity index (χ0n) is 9.01. The largest absolute Gasteiger partial charge is 0.658 e. The summed E-state index contributed by atoms with van der Waals surface area (Å²) in [6.45, 7) is 0. The summed E-state index contributed by atoms with van der Waals surface area (Å²) >= 11 is 0. The summed E-state index contributed by atoms with van der Waals surface area (Å²) in [5, 5.41) is 4.58. The molecule has 0 spiro atoms. The minimum absolute atomic E-state index is 0.819. The smallest absolute Gasteiger partial charge is 0.523 e. The van der Waals surface area contributed by atoms with Crippen LogP contribution in [0.4, 0.5) is 0 Å². The molecule has 2 nitrogen and oxygen atoms in total. The summed E-state index contributed by atoms with van der Waals surface area (Å²) in [5.41, 5.74) is 0. The van der Waals surface area contributed by atoms with Crippen molar-refractivity contribution < 1.29 is 9.31 Å². The number of fused-ring (bicyclic) bond motifs is 6. The van der Waals surface area contributed by atoms with Gasteiger partial charge < -0.3 is 9.31 Å². The van der Waals surface area contributed by atoms with E-state index in [2.05, 4.69) is 24.3 Å². The molecule has 0 fully saturated rings. The van der Waals surface area contributed by atoms with Gasteiger partial charge in [0.25, 0.3) is 0 Å². The molecule has 17 heavy (non-hydrogen) atoms. The Hall–Kier alpha value is -2.16. The van der Waals surface area contributed by atoms with E-state index in [0.717, 1.165) is 22.3 Å². The van der Waals surface area contributed by atoms with Crippen LogP contribution >= 0.6 is 0 Å². The van der Waals surface area contributed by atoms with E-state index in [1.54, 1.807) is 0 Å². The SMILES string of the molecule is [B]1Oc2c(c3ccccc3c3ccccc23)O1. The minimum atomic E-state index is 0.819. The zero-order chi connectivity index (χ0) is 11.2. The van der Waals surface area contributed by atoms with Gasteiger partial charge in [-0.3, -0.25) is 0 Å². The van der Waals surface area contributed by atoms with E-state index in [0.29, 0.717) is 0 Å². The van der Waals surface area contributed by atoms with E-state index in [9.17, 15) is 0 Å². The van der Waals surface area contributed by atoms with Crippen LogP contribution in [-0.4, -0.2) is 7.69 Å². The van der Waals surface area contributed by atoms with Gasteiger partial charge in [0.2, 0.25) is 0 Å². The predicted molar refractivity (Wildman–Crippen MR) is 68.5 cm³/mol. The van der Waals surface area contributed by atoms with Gasteiger partial charge in [0.1, 0.15) is 0 Å². The molecule has 1 aliphatic heterocycles. The van der Waals surface area contributed by atoms with Crippen LogP contribution in [0.2, 0.25) is 0 Å². The Labute approximate surface area is 99.1 Å². The number of hydrogen-bond acceptors (Lipinski definition) is 2. The van der Waals surface area contributed by atoms with Crippen molar-refractivity contribution in [2.24, 2.45) is 0 Å². The molecule has 1 aliphatic rings. The molecule has 0 aliphatic carbocycles. The van der Waals surface area contributed by atoms with Gasteiger partial charge in [0.05, 0.1) is 0 Å². The molecule has 3 heteroatoms. The normalized spacial score (nSPS) is 12.9. The van der Waals surface area contributed by atoms with E-state index in [4.69, 9.17) is 9.31 Å². The molecule has 1 heterocycles. The molecule has 1 radical (unpaired) electrons. The van der Waals surface area contributed by atoms with E-state index >= 15 is 0 Å². The standard InChI is InChI=1S/C14H8BO2/c1-3-7-11-9(5-1)10-6-2-4-8-12(10)14-13(11)16-15-17-14/h1-8H. The average Bonchev–Trinajstić information content (AvgIpc) is 2.89. The molecule has 0 saturated carbocycles. The number of rotatable bonds is 0. The van der Waals surface area contributed by atoms with Crippen LogP contribution in [-0.2, 0) is 0 Å². The highest BCUT2D eigenvalue weighted by Gasteiger charge is 2.23. The number of hydrogen-bond donors (Lipinski definition) is 0. The summed E-state index contributed by atoms with van der Waals surface area (Å²) in [5.74, 6) is 1.64. The first-order valence-electron chi connectivity index (χ1n) is 5.53. The van der Waals surface area contributed by atoms with E-state index in [1.165, 1.54) is 18.5 Å². The van der Waals surface area contributed by atoms with Gasteiger partial charge in [0.15, 0.2) is 11.5 Å². The molecule has 0 bridgehead atoms. The maximum atomic E-state index is 5.47. The predicted octanol–water partition coefficient (Wildman–Crippen LogP) is 3.30. The molecule has 0 unspecified atom stereocenters. The molecule has 3 aromatic rings. The van der Waals surface area contributed by atoms with E-state index in [1.807, 2.05) is 24.3 Å². The van der Waals surface area contributed by atoms with Crippen molar-refractivity contribution in [3.8, 4) is 11.5 Å². The van der Waals surface area contributed by atoms with Crippen LogP contribution in [0.5, 0.6) is 11.5 Å². The van der Waals surface area contributed by atoms with Crippen molar-refractivity contribution in [3.63, 3.8) is 0 Å². The Balaban J connectivity index is 2.34. The maximum absolute atomic E-state index is 5.47. The third-order valence-electron chi connectivity index (χ3n) is 3.17. The van der Waals surface area contributed by atoms with Gasteiger partial charge >= 0.3 is 7.69 Å². The van der Waals surface area contributed by atoms with Gasteiger partial charge in [-0.2, -0.15) is 0 Å². The van der Waals surface area contributed by atoms with Crippen LogP contribution in [0.1, 0.15) is 0 Å². The van der Waals surface area contributed by atoms with Crippen molar-refractivity contribution >= 4 is 29.2 Å². The molecule has 0 amide bonds. The third kappa shape index (κ3) is 1.11. The second-order valence-corrected chi connectivity index (χ2v) is 4.08. The van der Waals surface area contributed by atoms with E-state index in [-0.39, 0.29) is 0 Å². The van der Waals surface area contributed by atoms with Gasteiger partial charge in [-0.15, -0.1) is 0 Å². The monoisotopic (exact) mass is 219 g/mol. The van der Waals surface area contributed by atoms with Crippen LogP contribution in [0, 0.1) is 0 Å². The first-order chi connectivity index (χ1) is 8.45. The Morgan fingerprint density at radius 1 is 0.588 bits per heavy atom. The highest BCUT2D eigenvalue weighted by atomic mass is 16.6. The Kier molecular flexibility index (Phi) is 1.67. The lowest BCUT2D eigenvalue weighted by Gasteiger charge is -2.09. The van der Waals surface area contributed by atoms with Gasteiger partial charge in [-0.1, -0.05) is 48.5 Å². The van der Waals surface area contributed by atoms with Gasteiger partial charge in [-0.05, 0) is 10.8 Å². The quantitative estimate of drug-likeness (QED) is 0.426. The summed E-state index contributed by atoms with van der Waals surface area (Å²) in [7, 11) is 1.39. The fourth-order valence-corrected chi connectivity index (χ4v) is 2.43. The van der Waals surface area contributed by atoms with Crippen molar-refractivity contribution in [2.75, 3.05) is 0 Å². The summed E-state index contributed by atoms with van der Waals surface area (Å²) < 4.78 is 10.9. The number of benzene rings is 3. The lowest BCUT2D eigenvalue weighted by molar-refractivity contribution is 0.544. The fourth-order valence-electron chi connectivity index (χ4n) is 2.43. The molecule has 0 atom stereocenters. The molecule has 3 aromatic carbocycles. The van der Waals surface area contributed by atoms with Crippen LogP contribution < -0.4 is 9.31 Å². The van der Waals surface area contributed by atoms with E-state index < -0.39 is 0 Å². The summed E-state index contributed by atoms with van der Waals surface area (Å²) in [6, 6.07) is 16.4. The van der Waals surface area contributed by atoms with Crippen molar-refractivity contribution in [1.82, 2.24) is 0 Å². The van der Waals surface area contributed by atoms with Crippen LogP contribution in [0.15, 0.2) is 48.5 Å². The maximum Gasteiger partial charge on any atom is 0.658 e. The molecular formula is C14H8BO2. The Morgan fingerprint density at radius 2 is 1.00 bits per heavy atom. The zero-order valence-corrected chi connectivity index (χ0v) is 9.01. The first kappa shape index (κ1) is 8.94.